The molecule has 0 aromatic rings. The Morgan fingerprint density at radius 1 is 0.289 bits per heavy atom. The summed E-state index contributed by atoms with van der Waals surface area (Å²) in [5, 5.41) is 10.6. The molecule has 0 radical (unpaired) electrons. The highest BCUT2D eigenvalue weighted by Crippen LogP contribution is 2.45. The summed E-state index contributed by atoms with van der Waals surface area (Å²) in [5.41, 5.74) is 0. The average Bonchev–Trinajstić information content (AvgIpc) is 1.32. The highest BCUT2D eigenvalue weighted by Gasteiger charge is 2.30. The number of carbonyl (C=O) groups excluding carboxylic acids is 4. The Morgan fingerprint density at radius 3 is 0.732 bits per heavy atom. The van der Waals surface area contributed by atoms with Gasteiger partial charge in [-0.25, -0.2) is 9.13 Å². The molecule has 0 aromatic heterocycles. The van der Waals surface area contributed by atoms with Gasteiger partial charge in [0.15, 0.2) is 12.2 Å². The Hall–Kier alpha value is -1.94. The molecule has 0 amide bonds. The Bertz CT molecular complexity index is 1900. The van der Waals surface area contributed by atoms with Crippen molar-refractivity contribution in [1.82, 2.24) is 0 Å². The summed E-state index contributed by atoms with van der Waals surface area (Å²) in [7, 11) is -9.92. The van der Waals surface area contributed by atoms with Gasteiger partial charge in [0.25, 0.3) is 0 Å². The van der Waals surface area contributed by atoms with Crippen molar-refractivity contribution in [3.8, 4) is 0 Å². The van der Waals surface area contributed by atoms with Gasteiger partial charge in [0.1, 0.15) is 19.3 Å². The number of ether oxygens (including phenoxy) is 4. The zero-order valence-electron chi connectivity index (χ0n) is 63.7. The van der Waals surface area contributed by atoms with Crippen molar-refractivity contribution in [2.75, 3.05) is 39.6 Å². The van der Waals surface area contributed by atoms with Crippen molar-refractivity contribution in [2.24, 2.45) is 23.7 Å². The molecule has 0 heterocycles. The fourth-order valence-corrected chi connectivity index (χ4v) is 13.5. The van der Waals surface area contributed by atoms with Crippen molar-refractivity contribution in [1.29, 1.82) is 0 Å². The third-order valence-corrected chi connectivity index (χ3v) is 20.3. The molecule has 0 aliphatic rings. The van der Waals surface area contributed by atoms with Crippen LogP contribution in [0.4, 0.5) is 0 Å². The summed E-state index contributed by atoms with van der Waals surface area (Å²) in [6, 6.07) is 0. The van der Waals surface area contributed by atoms with Gasteiger partial charge < -0.3 is 33.8 Å². The number of hydrogen-bond donors (Lipinski definition) is 3. The first-order chi connectivity index (χ1) is 46.6. The van der Waals surface area contributed by atoms with E-state index in [9.17, 15) is 43.2 Å². The van der Waals surface area contributed by atoms with E-state index in [0.717, 1.165) is 120 Å². The molecule has 3 unspecified atom stereocenters. The van der Waals surface area contributed by atoms with Crippen molar-refractivity contribution < 1.29 is 80.2 Å². The van der Waals surface area contributed by atoms with Crippen LogP contribution < -0.4 is 0 Å². The lowest BCUT2D eigenvalue weighted by molar-refractivity contribution is -0.161. The predicted molar refractivity (Wildman–Crippen MR) is 395 cm³/mol. The summed E-state index contributed by atoms with van der Waals surface area (Å²) in [6.07, 6.45) is 52.7. The van der Waals surface area contributed by atoms with Gasteiger partial charge >= 0.3 is 39.5 Å². The summed E-state index contributed by atoms with van der Waals surface area (Å²) >= 11 is 0. The molecule has 19 heteroatoms. The molecule has 17 nitrogen and oxygen atoms in total. The summed E-state index contributed by atoms with van der Waals surface area (Å²) in [4.78, 5) is 72.9. The van der Waals surface area contributed by atoms with Gasteiger partial charge in [-0.1, -0.05) is 344 Å². The van der Waals surface area contributed by atoms with Crippen LogP contribution in [0.5, 0.6) is 0 Å². The molecule has 0 saturated carbocycles. The standard InChI is InChI=1S/C78H152O17P2/c1-9-71(8)57-49-41-36-37-43-51-59-76(81)89-65-74(95-77(82)60-52-44-34-28-21-15-13-11-10-12-14-18-24-30-38-46-54-68(2)3)67-93-97(86,87)91-63-72(79)62-90-96(84,85)92-66-73(94-78(83)61-53-45-35-29-23-22-26-32-40-48-56-70(6)7)64-88-75(80)58-50-42-33-27-20-17-16-19-25-31-39-47-55-69(4)5/h68-74,79H,9-67H2,1-8H3,(H,84,85)(H,86,87)/t71?,72-,73-,74-/m1/s1. The van der Waals surface area contributed by atoms with E-state index in [1.54, 1.807) is 0 Å². The number of carbonyl (C=O) groups is 4. The van der Waals surface area contributed by atoms with Crippen molar-refractivity contribution in [2.45, 2.75) is 414 Å². The Balaban J connectivity index is 5.23. The van der Waals surface area contributed by atoms with Crippen LogP contribution in [0.1, 0.15) is 396 Å². The zero-order chi connectivity index (χ0) is 71.7. The first-order valence-electron chi connectivity index (χ1n) is 40.2. The minimum absolute atomic E-state index is 0.106. The Kier molecular flexibility index (Phi) is 65.9. The molecule has 0 aliphatic heterocycles. The number of hydrogen-bond acceptors (Lipinski definition) is 15. The van der Waals surface area contributed by atoms with Gasteiger partial charge in [0.05, 0.1) is 26.4 Å². The number of unbranched alkanes of at least 4 members (excludes halogenated alkanes) is 40. The molecule has 0 aromatic carbocycles. The van der Waals surface area contributed by atoms with E-state index < -0.39 is 97.5 Å². The van der Waals surface area contributed by atoms with Crippen molar-refractivity contribution in [3.05, 3.63) is 0 Å². The zero-order valence-corrected chi connectivity index (χ0v) is 65.5. The van der Waals surface area contributed by atoms with E-state index in [-0.39, 0.29) is 25.7 Å². The van der Waals surface area contributed by atoms with Gasteiger partial charge in [-0.05, 0) is 49.4 Å². The maximum absolute atomic E-state index is 13.1. The average molecular weight is 1420 g/mol. The van der Waals surface area contributed by atoms with Gasteiger partial charge in [-0.3, -0.25) is 37.3 Å². The van der Waals surface area contributed by atoms with E-state index >= 15 is 0 Å². The largest absolute Gasteiger partial charge is 0.472 e. The molecule has 0 rings (SSSR count). The second-order valence-corrected chi connectivity index (χ2v) is 32.7. The molecule has 6 atom stereocenters. The van der Waals surface area contributed by atoms with Crippen LogP contribution in [-0.2, 0) is 65.4 Å². The second-order valence-electron chi connectivity index (χ2n) is 29.8. The fourth-order valence-electron chi connectivity index (χ4n) is 11.9. The fraction of sp³-hybridized carbons (Fsp3) is 0.949. The van der Waals surface area contributed by atoms with Crippen LogP contribution in [-0.4, -0.2) is 96.7 Å². The van der Waals surface area contributed by atoms with Crippen molar-refractivity contribution in [3.63, 3.8) is 0 Å². The smallest absolute Gasteiger partial charge is 0.462 e. The van der Waals surface area contributed by atoms with E-state index in [1.807, 2.05) is 0 Å². The van der Waals surface area contributed by atoms with Gasteiger partial charge in [-0.2, -0.15) is 0 Å². The first kappa shape index (κ1) is 95.1. The SMILES string of the molecule is CCC(C)CCCCCCCCC(=O)OC[C@H](COP(=O)(O)OC[C@H](O)COP(=O)(O)OC[C@@H](COC(=O)CCCCCCCCCCCCCCC(C)C)OC(=O)CCCCCCCCCCCCC(C)C)OC(=O)CCCCCCCCCCCCCCCCCCC(C)C. The van der Waals surface area contributed by atoms with Gasteiger partial charge in [0, 0.05) is 25.7 Å². The lowest BCUT2D eigenvalue weighted by Crippen LogP contribution is -2.30. The molecule has 576 valence electrons. The number of phosphoric ester groups is 2. The van der Waals surface area contributed by atoms with Crippen LogP contribution in [0.2, 0.25) is 0 Å². The third-order valence-electron chi connectivity index (χ3n) is 18.4. The lowest BCUT2D eigenvalue weighted by atomic mass is 10.00. The van der Waals surface area contributed by atoms with Crippen LogP contribution >= 0.6 is 15.6 Å². The molecule has 0 aliphatic carbocycles. The summed E-state index contributed by atoms with van der Waals surface area (Å²) in [6.45, 7) is 14.2. The quantitative estimate of drug-likeness (QED) is 0.0222. The molecular weight excluding hydrogens is 1270 g/mol. The monoisotopic (exact) mass is 1420 g/mol. The van der Waals surface area contributed by atoms with E-state index in [2.05, 4.69) is 55.4 Å². The minimum Gasteiger partial charge on any atom is -0.462 e. The molecule has 0 bridgehead atoms. The summed E-state index contributed by atoms with van der Waals surface area (Å²) in [5.74, 6) is 0.955. The Labute approximate surface area is 594 Å². The lowest BCUT2D eigenvalue weighted by Gasteiger charge is -2.21. The number of aliphatic hydroxyl groups excluding tert-OH is 1. The maximum atomic E-state index is 13.1. The summed E-state index contributed by atoms with van der Waals surface area (Å²) < 4.78 is 68.6. The van der Waals surface area contributed by atoms with Crippen molar-refractivity contribution >= 4 is 39.5 Å². The van der Waals surface area contributed by atoms with Crippen LogP contribution in [0.15, 0.2) is 0 Å². The van der Waals surface area contributed by atoms with E-state index in [4.69, 9.17) is 37.0 Å². The highest BCUT2D eigenvalue weighted by atomic mass is 31.2. The van der Waals surface area contributed by atoms with E-state index in [1.165, 1.54) is 193 Å². The van der Waals surface area contributed by atoms with Gasteiger partial charge in [-0.15, -0.1) is 0 Å². The molecule has 97 heavy (non-hydrogen) atoms. The maximum Gasteiger partial charge on any atom is 0.472 e. The molecule has 3 N–H and O–H groups in total. The first-order valence-corrected chi connectivity index (χ1v) is 43.2. The number of phosphoric acid groups is 2. The highest BCUT2D eigenvalue weighted by molar-refractivity contribution is 7.47. The molecule has 0 spiro atoms. The van der Waals surface area contributed by atoms with Crippen LogP contribution in [0.25, 0.3) is 0 Å². The van der Waals surface area contributed by atoms with Crippen LogP contribution in [0.3, 0.4) is 0 Å². The number of rotatable bonds is 75. The Morgan fingerprint density at radius 2 is 0.495 bits per heavy atom. The molecule has 0 fully saturated rings. The second kappa shape index (κ2) is 67.2. The molecule has 0 saturated heterocycles. The van der Waals surface area contributed by atoms with Gasteiger partial charge in [0.2, 0.25) is 0 Å². The molecular formula is C78H152O17P2. The predicted octanol–water partition coefficient (Wildman–Crippen LogP) is 22.8. The minimum atomic E-state index is -4.96. The topological polar surface area (TPSA) is 237 Å². The normalized spacial score (nSPS) is 14.4. The number of aliphatic hydroxyl groups is 1. The number of esters is 4. The third kappa shape index (κ3) is 70.9. The van der Waals surface area contributed by atoms with Crippen LogP contribution in [0, 0.1) is 23.7 Å². The van der Waals surface area contributed by atoms with E-state index in [0.29, 0.717) is 25.7 Å².